The number of nitrogens with zero attached hydrogens (tertiary/aromatic N) is 15. The number of hydrogen-bond donors (Lipinski definition) is 12. The molecule has 31 nitrogen and oxygen atoms in total. The van der Waals surface area contributed by atoms with Crippen molar-refractivity contribution in [3.8, 4) is 17.2 Å². The van der Waals surface area contributed by atoms with Gasteiger partial charge in [-0.2, -0.15) is 5.10 Å². The fraction of sp³-hybridized carbons (Fsp3) is 0.337. The number of ether oxygens (including phenoxy) is 3. The monoisotopic (exact) mass is 1770 g/mol. The fourth-order valence-corrected chi connectivity index (χ4v) is 15.6. The zero-order chi connectivity index (χ0) is 87.8. The molecule has 0 spiro atoms. The van der Waals surface area contributed by atoms with Crippen LogP contribution in [0.4, 0.5) is 63.7 Å². The Morgan fingerprint density at radius 3 is 1.50 bits per heavy atom. The predicted molar refractivity (Wildman–Crippen MR) is 521 cm³/mol. The molecule has 0 saturated carbocycles. The van der Waals surface area contributed by atoms with Crippen LogP contribution in [0.15, 0.2) is 248 Å². The zero-order valence-electron chi connectivity index (χ0n) is 72.9. The number of thioether (sulfide) groups is 1. The third-order valence-electron chi connectivity index (χ3n) is 21.3. The molecule has 130 heavy (non-hydrogen) atoms. The van der Waals surface area contributed by atoms with Gasteiger partial charge in [-0.3, -0.25) is 19.9 Å². The van der Waals surface area contributed by atoms with Crippen LogP contribution in [0.5, 0.6) is 17.2 Å². The van der Waals surface area contributed by atoms with Crippen LogP contribution >= 0.6 is 11.8 Å². The third-order valence-corrected chi connectivity index (χ3v) is 22.3. The molecule has 32 heteroatoms. The van der Waals surface area contributed by atoms with E-state index < -0.39 is 0 Å². The standard InChI is InChI=1S/C9H11N.C8H11N3.2C8H10N2.C8H8O2.C8H6O.4C7H9N3.C7H8N2O.C7H8N2S.C6H7N3.CH4/c1-2-4-9-7-10-6-5-8(9)3-1;1-2-4-10-8-7(3-1)9-5-6-11-8;1-3-7-4-2-6-10-8(7)9-5-1;1-2-7-6-9-5-3-8(7)10-4-1;1-2-4-8-7(3-1)9-5-6-10-8;1-2-4-8-7(3-1)5-6-9-8;1-2-6-3-5-9-10-7(6)8-4-1;1-2-6-4-8-5-10-7(6)9-3-1;2*1-2-6-7(9-3-1)10-5-4-8-6;2*1-2-6-7(8-3-1)9-4-5-10-6;1-2-8-6-5(1)7-3-4-9-6;/h1-4,10H,5-7H2;5-6H,1-4H2,(H,10,11);1,3,5H,2,4,6H2,(H,9,10);3,5-6,10H,1-2,4H2;1-4H,5-6H2;1-6H;3,5H,1-2,4H2,(H,8,10);4-5H,1-3H2,(H,8,9,10);4-5H,1-3H2,(H,9,10);1-3,8H,4-5H2,(H,9,10);2*1-3H,4-5H2,(H,8,9);3-4H,1-2H2,(H,8,9);1H4. The number of hydrogen-bond acceptors (Lipinski definition) is 32. The highest BCUT2D eigenvalue weighted by molar-refractivity contribution is 7.99. The lowest BCUT2D eigenvalue weighted by atomic mass is 10.0. The summed E-state index contributed by atoms with van der Waals surface area (Å²) in [7, 11) is 0. The van der Waals surface area contributed by atoms with E-state index >= 15 is 0 Å². The minimum atomic E-state index is 0. The summed E-state index contributed by atoms with van der Waals surface area (Å²) in [6, 6.07) is 46.2. The SMILES string of the molecule is C.c1cc2c(cn1)CCCN2.c1cc2c(nn1)NCCC2.c1ccc2c(c1)CCNC2.c1ccc2c(c1)OCCO2.c1ccc2occc2c1.c1cnc2c(c1)CCCN2.c1cnc2c(c1)NCCN2.c1cnc2c(c1)OCCN2.c1cnc2c(c1)SCCN2.c1cnc2c(n1)CCCCN2.c1cnc2c(n1)CCCN2.c1cnc2c(n1)CCN2.c1ncc2c(n1)NCCC2. The van der Waals surface area contributed by atoms with Crippen molar-refractivity contribution in [3.05, 3.63) is 289 Å². The van der Waals surface area contributed by atoms with Crippen LogP contribution in [-0.4, -0.2) is 179 Å². The maximum absolute atomic E-state index is 5.30. The molecule has 0 amide bonds. The van der Waals surface area contributed by atoms with Crippen molar-refractivity contribution in [1.82, 2.24) is 80.3 Å². The molecule has 12 N–H and O–H groups in total. The molecule has 0 fully saturated rings. The van der Waals surface area contributed by atoms with Gasteiger partial charge in [-0.25, -0.2) is 44.9 Å². The van der Waals surface area contributed by atoms with E-state index in [0.29, 0.717) is 13.2 Å². The average molecular weight is 1770 g/mol. The van der Waals surface area contributed by atoms with E-state index in [1.165, 1.54) is 108 Å². The number of aryl methyl sites for hydroxylation is 6. The van der Waals surface area contributed by atoms with Crippen LogP contribution in [0.2, 0.25) is 0 Å². The molecular formula is C98H119N27O4S. The van der Waals surface area contributed by atoms with Crippen LogP contribution < -0.4 is 78.0 Å². The normalized spacial score (nSPS) is 15.0. The number of para-hydroxylation sites is 3. The summed E-state index contributed by atoms with van der Waals surface area (Å²) in [6.07, 6.45) is 45.7. The number of aromatic nitrogens is 15. The predicted octanol–water partition coefficient (Wildman–Crippen LogP) is 16.3. The number of benzene rings is 3. The highest BCUT2D eigenvalue weighted by atomic mass is 32.2. The van der Waals surface area contributed by atoms with Gasteiger partial charge in [0.15, 0.2) is 28.9 Å². The molecule has 11 aromatic heterocycles. The van der Waals surface area contributed by atoms with Crippen molar-refractivity contribution in [3.63, 3.8) is 0 Å². The number of nitrogens with one attached hydrogen (secondary N) is 12. The Hall–Kier alpha value is -14.1. The van der Waals surface area contributed by atoms with Crippen molar-refractivity contribution in [2.75, 3.05) is 163 Å². The van der Waals surface area contributed by atoms with Crippen LogP contribution in [0.1, 0.15) is 103 Å². The van der Waals surface area contributed by atoms with Gasteiger partial charge in [0.05, 0.1) is 41.8 Å². The molecule has 0 atom stereocenters. The van der Waals surface area contributed by atoms with Gasteiger partial charge in [0.1, 0.15) is 72.5 Å². The van der Waals surface area contributed by atoms with Gasteiger partial charge < -0.3 is 82.4 Å². The molecule has 0 saturated heterocycles. The molecule has 0 bridgehead atoms. The summed E-state index contributed by atoms with van der Waals surface area (Å²) < 4.78 is 21.0. The summed E-state index contributed by atoms with van der Waals surface area (Å²) in [5.74, 6) is 12.5. The van der Waals surface area contributed by atoms with Crippen molar-refractivity contribution in [1.29, 1.82) is 0 Å². The Kier molecular flexibility index (Phi) is 38.5. The van der Waals surface area contributed by atoms with E-state index in [0.717, 1.165) is 233 Å². The zero-order valence-corrected chi connectivity index (χ0v) is 73.7. The molecular weight excluding hydrogens is 1650 g/mol. The molecule has 676 valence electrons. The molecule has 0 aliphatic carbocycles. The topological polar surface area (TPSA) is 379 Å². The van der Waals surface area contributed by atoms with E-state index in [2.05, 4.69) is 175 Å². The molecule has 0 unspecified atom stereocenters. The van der Waals surface area contributed by atoms with Gasteiger partial charge in [0.2, 0.25) is 0 Å². The fourth-order valence-electron chi connectivity index (χ4n) is 14.8. The minimum Gasteiger partial charge on any atom is -0.488 e. The largest absolute Gasteiger partial charge is 0.488 e. The van der Waals surface area contributed by atoms with Gasteiger partial charge in [-0.1, -0.05) is 68.1 Å². The summed E-state index contributed by atoms with van der Waals surface area (Å²) in [5.41, 5.74) is 14.9. The molecule has 23 heterocycles. The Labute approximate surface area is 765 Å². The number of rotatable bonds is 0. The Morgan fingerprint density at radius 1 is 0.285 bits per heavy atom. The first kappa shape index (κ1) is 93.5. The second-order valence-corrected chi connectivity index (χ2v) is 31.6. The Bertz CT molecular complexity index is 4480. The smallest absolute Gasteiger partial charge is 0.168 e. The summed E-state index contributed by atoms with van der Waals surface area (Å²) in [4.78, 5) is 55.0. The van der Waals surface area contributed by atoms with E-state index in [1.54, 1.807) is 68.4 Å². The number of anilines is 11. The van der Waals surface area contributed by atoms with Crippen LogP contribution in [0.25, 0.3) is 11.0 Å². The van der Waals surface area contributed by atoms with Gasteiger partial charge in [-0.15, -0.1) is 16.9 Å². The lowest BCUT2D eigenvalue weighted by molar-refractivity contribution is 0.171. The summed E-state index contributed by atoms with van der Waals surface area (Å²) in [6.45, 7) is 15.4. The highest BCUT2D eigenvalue weighted by Gasteiger charge is 2.17. The van der Waals surface area contributed by atoms with Crippen molar-refractivity contribution >= 4 is 86.5 Å². The second-order valence-electron chi connectivity index (χ2n) is 30.4. The van der Waals surface area contributed by atoms with Crippen LogP contribution in [-0.2, 0) is 57.9 Å². The van der Waals surface area contributed by atoms with Crippen LogP contribution in [0.3, 0.4) is 0 Å². The third kappa shape index (κ3) is 30.3. The van der Waals surface area contributed by atoms with E-state index in [9.17, 15) is 0 Å². The maximum Gasteiger partial charge on any atom is 0.168 e. The molecule has 12 aliphatic heterocycles. The molecule has 14 aromatic rings. The molecule has 26 rings (SSSR count). The van der Waals surface area contributed by atoms with E-state index in [1.807, 2.05) is 146 Å². The van der Waals surface area contributed by atoms with E-state index in [4.69, 9.17) is 18.6 Å². The van der Waals surface area contributed by atoms with E-state index in [-0.39, 0.29) is 7.43 Å². The lowest BCUT2D eigenvalue weighted by Crippen LogP contribution is -2.23. The van der Waals surface area contributed by atoms with Gasteiger partial charge in [0, 0.05) is 186 Å². The van der Waals surface area contributed by atoms with Crippen molar-refractivity contribution < 1.29 is 18.6 Å². The summed E-state index contributed by atoms with van der Waals surface area (Å²) >= 11 is 1.86. The minimum absolute atomic E-state index is 0. The van der Waals surface area contributed by atoms with Gasteiger partial charge >= 0.3 is 0 Å². The highest BCUT2D eigenvalue weighted by Crippen LogP contribution is 2.31. The second kappa shape index (κ2) is 53.5. The molecule has 0 radical (unpaired) electrons. The Balaban J connectivity index is 0.000000120. The first-order chi connectivity index (χ1) is 64.1. The quantitative estimate of drug-likeness (QED) is 0.0671. The van der Waals surface area contributed by atoms with Crippen LogP contribution in [0, 0.1) is 0 Å². The number of furan rings is 1. The Morgan fingerprint density at radius 2 is 0.800 bits per heavy atom. The summed E-state index contributed by atoms with van der Waals surface area (Å²) in [5, 5.41) is 47.6. The maximum atomic E-state index is 5.30. The molecule has 12 aliphatic rings. The molecule has 3 aromatic carbocycles. The van der Waals surface area contributed by atoms with Crippen molar-refractivity contribution in [2.24, 2.45) is 0 Å². The average Bonchev–Trinajstić information content (AvgIpc) is 1.84. The van der Waals surface area contributed by atoms with Gasteiger partial charge in [0.25, 0.3) is 0 Å². The lowest BCUT2D eigenvalue weighted by Gasteiger charge is -2.17. The number of fused-ring (bicyclic) bond motifs is 13. The first-order valence-corrected chi connectivity index (χ1v) is 45.7. The number of pyridine rings is 5. The van der Waals surface area contributed by atoms with Crippen molar-refractivity contribution in [2.45, 2.75) is 115 Å². The first-order valence-electron chi connectivity index (χ1n) is 44.7. The van der Waals surface area contributed by atoms with Gasteiger partial charge in [-0.05, 0) is 203 Å².